The van der Waals surface area contributed by atoms with Gasteiger partial charge in [0.15, 0.2) is 0 Å². The lowest BCUT2D eigenvalue weighted by molar-refractivity contribution is -0.144. The molecule has 1 rings (SSSR count). The minimum absolute atomic E-state index is 0.189. The molecule has 22 heavy (non-hydrogen) atoms. The molecule has 7 nitrogen and oxygen atoms in total. The highest BCUT2D eigenvalue weighted by Crippen LogP contribution is 2.08. The van der Waals surface area contributed by atoms with Gasteiger partial charge in [-0.25, -0.2) is 4.79 Å². The molecule has 0 saturated heterocycles. The molecule has 0 fully saturated rings. The van der Waals surface area contributed by atoms with Gasteiger partial charge in [0.25, 0.3) is 0 Å². The Morgan fingerprint density at radius 2 is 1.95 bits per heavy atom. The zero-order chi connectivity index (χ0) is 16.5. The monoisotopic (exact) mass is 307 g/mol. The van der Waals surface area contributed by atoms with E-state index in [9.17, 15) is 14.4 Å². The number of nitrogens with one attached hydrogen (secondary N) is 2. The molecular weight excluding hydrogens is 286 g/mol. The van der Waals surface area contributed by atoms with E-state index in [2.05, 4.69) is 10.6 Å². The summed E-state index contributed by atoms with van der Waals surface area (Å²) in [6, 6.07) is 6.61. The van der Waals surface area contributed by atoms with Crippen LogP contribution in [0.5, 0.6) is 0 Å². The van der Waals surface area contributed by atoms with Crippen molar-refractivity contribution < 1.29 is 19.1 Å². The lowest BCUT2D eigenvalue weighted by Crippen LogP contribution is -2.46. The van der Waals surface area contributed by atoms with Crippen LogP contribution < -0.4 is 16.4 Å². The Balaban J connectivity index is 2.73. The number of ether oxygens (including phenoxy) is 1. The normalized spacial score (nSPS) is 11.4. The number of carbonyl (C=O) groups is 3. The summed E-state index contributed by atoms with van der Waals surface area (Å²) in [6.45, 7) is 1.51. The van der Waals surface area contributed by atoms with Crippen LogP contribution in [0.3, 0.4) is 0 Å². The van der Waals surface area contributed by atoms with Crippen molar-refractivity contribution in [3.05, 3.63) is 35.4 Å². The van der Waals surface area contributed by atoms with Crippen molar-refractivity contribution in [3.63, 3.8) is 0 Å². The van der Waals surface area contributed by atoms with Gasteiger partial charge in [-0.15, -0.1) is 0 Å². The molecule has 1 aromatic carbocycles. The van der Waals surface area contributed by atoms with E-state index in [4.69, 9.17) is 10.5 Å². The van der Waals surface area contributed by atoms with Gasteiger partial charge in [0.1, 0.15) is 6.04 Å². The lowest BCUT2D eigenvalue weighted by Gasteiger charge is -2.17. The highest BCUT2D eigenvalue weighted by Gasteiger charge is 2.22. The lowest BCUT2D eigenvalue weighted by atomic mass is 10.0. The van der Waals surface area contributed by atoms with Crippen LogP contribution in [0, 0.1) is 0 Å². The summed E-state index contributed by atoms with van der Waals surface area (Å²) < 4.78 is 4.70. The third kappa shape index (κ3) is 5.92. The second-order valence-electron chi connectivity index (χ2n) is 4.78. The zero-order valence-electron chi connectivity index (χ0n) is 12.7. The molecular formula is C15H21N3O4. The summed E-state index contributed by atoms with van der Waals surface area (Å²) in [7, 11) is 1.26. The van der Waals surface area contributed by atoms with Crippen LogP contribution in [0.4, 0.5) is 0 Å². The van der Waals surface area contributed by atoms with Crippen molar-refractivity contribution in [2.45, 2.75) is 25.9 Å². The Morgan fingerprint density at radius 3 is 2.55 bits per heavy atom. The van der Waals surface area contributed by atoms with Gasteiger partial charge in [-0.1, -0.05) is 24.3 Å². The molecule has 0 radical (unpaired) electrons. The number of amides is 2. The average Bonchev–Trinajstić information content (AvgIpc) is 2.51. The summed E-state index contributed by atoms with van der Waals surface area (Å²) in [6.07, 6.45) is 0.284. The number of carbonyl (C=O) groups excluding carboxylic acids is 3. The second kappa shape index (κ2) is 8.78. The number of rotatable bonds is 7. The van der Waals surface area contributed by atoms with Crippen molar-refractivity contribution in [1.29, 1.82) is 0 Å². The van der Waals surface area contributed by atoms with E-state index < -0.39 is 17.9 Å². The average molecular weight is 307 g/mol. The maximum Gasteiger partial charge on any atom is 0.328 e. The third-order valence-electron chi connectivity index (χ3n) is 2.99. The van der Waals surface area contributed by atoms with Crippen molar-refractivity contribution in [2.75, 3.05) is 13.7 Å². The molecule has 0 spiro atoms. The summed E-state index contributed by atoms with van der Waals surface area (Å²) in [5, 5.41) is 4.92. The molecule has 1 aromatic rings. The number of hydrogen-bond donors (Lipinski definition) is 3. The highest BCUT2D eigenvalue weighted by atomic mass is 16.5. The highest BCUT2D eigenvalue weighted by molar-refractivity contribution is 5.87. The molecule has 0 aliphatic heterocycles. The number of benzene rings is 1. The Labute approximate surface area is 129 Å². The van der Waals surface area contributed by atoms with E-state index in [1.54, 1.807) is 0 Å². The maximum absolute atomic E-state index is 11.8. The van der Waals surface area contributed by atoms with Gasteiger partial charge in [0.2, 0.25) is 11.8 Å². The van der Waals surface area contributed by atoms with Gasteiger partial charge in [-0.3, -0.25) is 9.59 Å². The molecule has 120 valence electrons. The minimum Gasteiger partial charge on any atom is -0.467 e. The quantitative estimate of drug-likeness (QED) is 0.587. The standard InChI is InChI=1S/C15H21N3O4/c1-10(19)17-9-14(20)18-13(15(21)22-2)7-11-4-3-5-12(6-11)8-16/h3-6,13H,7-9,16H2,1-2H3,(H,17,19)(H,18,20). The second-order valence-corrected chi connectivity index (χ2v) is 4.78. The maximum atomic E-state index is 11.8. The number of esters is 1. The first kappa shape index (κ1) is 17.6. The van der Waals surface area contributed by atoms with Gasteiger partial charge < -0.3 is 21.1 Å². The van der Waals surface area contributed by atoms with Crippen molar-refractivity contribution in [1.82, 2.24) is 10.6 Å². The number of nitrogens with two attached hydrogens (primary N) is 1. The first-order valence-corrected chi connectivity index (χ1v) is 6.85. The predicted molar refractivity (Wildman–Crippen MR) is 80.7 cm³/mol. The van der Waals surface area contributed by atoms with Crippen molar-refractivity contribution in [3.8, 4) is 0 Å². The van der Waals surface area contributed by atoms with E-state index >= 15 is 0 Å². The summed E-state index contributed by atoms with van der Waals surface area (Å²) in [4.78, 5) is 34.3. The fourth-order valence-corrected chi connectivity index (χ4v) is 1.90. The minimum atomic E-state index is -0.820. The van der Waals surface area contributed by atoms with Crippen LogP contribution >= 0.6 is 0 Å². The zero-order valence-corrected chi connectivity index (χ0v) is 12.7. The van der Waals surface area contributed by atoms with Gasteiger partial charge in [0, 0.05) is 19.9 Å². The first-order valence-electron chi connectivity index (χ1n) is 6.85. The molecule has 0 bridgehead atoms. The van der Waals surface area contributed by atoms with Crippen LogP contribution in [0.2, 0.25) is 0 Å². The fourth-order valence-electron chi connectivity index (χ4n) is 1.90. The predicted octanol–water partition coefficient (Wildman–Crippen LogP) is -0.518. The largest absolute Gasteiger partial charge is 0.467 e. The van der Waals surface area contributed by atoms with Crippen LogP contribution in [-0.4, -0.2) is 37.5 Å². The van der Waals surface area contributed by atoms with Crippen LogP contribution in [0.1, 0.15) is 18.1 Å². The molecule has 4 N–H and O–H groups in total. The molecule has 0 aromatic heterocycles. The van der Waals surface area contributed by atoms with Crippen molar-refractivity contribution >= 4 is 17.8 Å². The number of methoxy groups -OCH3 is 1. The van der Waals surface area contributed by atoms with E-state index in [0.29, 0.717) is 6.54 Å². The van der Waals surface area contributed by atoms with Gasteiger partial charge in [-0.2, -0.15) is 0 Å². The Hall–Kier alpha value is -2.41. The Morgan fingerprint density at radius 1 is 1.27 bits per heavy atom. The topological polar surface area (TPSA) is 111 Å². The first-order chi connectivity index (χ1) is 10.5. The van der Waals surface area contributed by atoms with Gasteiger partial charge in [-0.05, 0) is 11.1 Å². The van der Waals surface area contributed by atoms with E-state index in [-0.39, 0.29) is 18.9 Å². The van der Waals surface area contributed by atoms with E-state index in [1.807, 2.05) is 24.3 Å². The third-order valence-corrected chi connectivity index (χ3v) is 2.99. The van der Waals surface area contributed by atoms with Crippen LogP contribution in [-0.2, 0) is 32.1 Å². The van der Waals surface area contributed by atoms with Crippen LogP contribution in [0.25, 0.3) is 0 Å². The fraction of sp³-hybridized carbons (Fsp3) is 0.400. The Kier molecular flexibility index (Phi) is 7.04. The van der Waals surface area contributed by atoms with Crippen molar-refractivity contribution in [2.24, 2.45) is 5.73 Å². The molecule has 7 heteroatoms. The molecule has 0 aliphatic carbocycles. The SMILES string of the molecule is COC(=O)C(Cc1cccc(CN)c1)NC(=O)CNC(C)=O. The molecule has 2 amide bonds. The Bertz CT molecular complexity index is 545. The summed E-state index contributed by atoms with van der Waals surface area (Å²) >= 11 is 0. The molecule has 1 atom stereocenters. The smallest absolute Gasteiger partial charge is 0.328 e. The molecule has 0 saturated carbocycles. The molecule has 1 unspecified atom stereocenters. The molecule has 0 aliphatic rings. The molecule has 0 heterocycles. The van der Waals surface area contributed by atoms with E-state index in [1.165, 1.54) is 14.0 Å². The van der Waals surface area contributed by atoms with Gasteiger partial charge >= 0.3 is 5.97 Å². The van der Waals surface area contributed by atoms with E-state index in [0.717, 1.165) is 11.1 Å². The summed E-state index contributed by atoms with van der Waals surface area (Å²) in [5.41, 5.74) is 7.38. The van der Waals surface area contributed by atoms with Crippen LogP contribution in [0.15, 0.2) is 24.3 Å². The van der Waals surface area contributed by atoms with Gasteiger partial charge in [0.05, 0.1) is 13.7 Å². The summed E-state index contributed by atoms with van der Waals surface area (Å²) in [5.74, 6) is -1.32. The number of hydrogen-bond acceptors (Lipinski definition) is 5.